The summed E-state index contributed by atoms with van der Waals surface area (Å²) in [5.41, 5.74) is 4.14. The van der Waals surface area contributed by atoms with Crippen molar-refractivity contribution in [2.24, 2.45) is 0 Å². The molecule has 1 aromatic heterocycles. The minimum Gasteiger partial charge on any atom is -0.481 e. The lowest BCUT2D eigenvalue weighted by atomic mass is 9.88. The summed E-state index contributed by atoms with van der Waals surface area (Å²) in [4.78, 5) is 18.6. The van der Waals surface area contributed by atoms with Crippen molar-refractivity contribution in [3.63, 3.8) is 0 Å². The second kappa shape index (κ2) is 9.14. The molecule has 1 saturated heterocycles. The lowest BCUT2D eigenvalue weighted by molar-refractivity contribution is -0.118. The van der Waals surface area contributed by atoms with Gasteiger partial charge in [-0.05, 0) is 30.9 Å². The number of aromatic nitrogens is 1. The molecule has 2 aromatic rings. The van der Waals surface area contributed by atoms with E-state index in [0.717, 1.165) is 36.2 Å². The van der Waals surface area contributed by atoms with Crippen molar-refractivity contribution in [1.29, 1.82) is 0 Å². The van der Waals surface area contributed by atoms with E-state index in [-0.39, 0.29) is 11.9 Å². The van der Waals surface area contributed by atoms with Gasteiger partial charge in [0.05, 0.1) is 18.5 Å². The van der Waals surface area contributed by atoms with E-state index in [1.807, 2.05) is 7.05 Å². The average molecular weight is 409 g/mol. The van der Waals surface area contributed by atoms with Gasteiger partial charge in [0.2, 0.25) is 11.8 Å². The first-order chi connectivity index (χ1) is 14.6. The molecule has 0 bridgehead atoms. The van der Waals surface area contributed by atoms with Gasteiger partial charge in [0.15, 0.2) is 0 Å². The fraction of sp³-hybridized carbons (Fsp3) is 0.500. The number of carbonyl (C=O) groups excluding carboxylic acids is 1. The fourth-order valence-electron chi connectivity index (χ4n) is 4.64. The minimum absolute atomic E-state index is 0.139. The maximum Gasteiger partial charge on any atom is 0.227 e. The number of amides is 1. The zero-order valence-corrected chi connectivity index (χ0v) is 18.1. The number of carbonyl (C=O) groups is 1. The van der Waals surface area contributed by atoms with E-state index in [2.05, 4.69) is 54.0 Å². The molecule has 2 aliphatic rings. The first kappa shape index (κ1) is 20.8. The molecule has 1 amide bonds. The number of nitrogens with zero attached hydrogens (tertiary/aromatic N) is 2. The van der Waals surface area contributed by atoms with Crippen LogP contribution in [-0.4, -0.2) is 37.1 Å². The second-order valence-electron chi connectivity index (χ2n) is 8.30. The highest BCUT2D eigenvalue weighted by molar-refractivity contribution is 5.95. The van der Waals surface area contributed by atoms with Gasteiger partial charge in [-0.15, -0.1) is 0 Å². The van der Waals surface area contributed by atoms with E-state index in [1.165, 1.54) is 5.56 Å². The number of aryl methyl sites for hydroxylation is 1. The summed E-state index contributed by atoms with van der Waals surface area (Å²) in [5.74, 6) is 0.787. The molecule has 1 aromatic carbocycles. The number of piperidine rings is 1. The molecule has 160 valence electrons. The van der Waals surface area contributed by atoms with Gasteiger partial charge >= 0.3 is 0 Å². The summed E-state index contributed by atoms with van der Waals surface area (Å²) < 4.78 is 5.59. The van der Waals surface area contributed by atoms with Crippen LogP contribution < -0.4 is 20.3 Å². The molecule has 6 heteroatoms. The minimum atomic E-state index is 0.139. The van der Waals surface area contributed by atoms with Crippen molar-refractivity contribution in [3.05, 3.63) is 53.2 Å². The predicted molar refractivity (Wildman–Crippen MR) is 119 cm³/mol. The highest BCUT2D eigenvalue weighted by Crippen LogP contribution is 2.32. The Morgan fingerprint density at radius 1 is 1.23 bits per heavy atom. The van der Waals surface area contributed by atoms with Crippen LogP contribution in [0.15, 0.2) is 36.4 Å². The number of fused-ring (bicyclic) bond motifs is 1. The van der Waals surface area contributed by atoms with Gasteiger partial charge in [-0.3, -0.25) is 4.79 Å². The van der Waals surface area contributed by atoms with Crippen molar-refractivity contribution in [2.45, 2.75) is 63.7 Å². The third-order valence-electron chi connectivity index (χ3n) is 6.47. The molecule has 3 atom stereocenters. The Labute approximate surface area is 179 Å². The Balaban J connectivity index is 1.55. The molecular weight excluding hydrogens is 376 g/mol. The van der Waals surface area contributed by atoms with E-state index in [0.29, 0.717) is 37.4 Å². The lowest BCUT2D eigenvalue weighted by Crippen LogP contribution is -2.49. The zero-order valence-electron chi connectivity index (χ0n) is 18.1. The zero-order chi connectivity index (χ0) is 21.1. The van der Waals surface area contributed by atoms with E-state index in [9.17, 15) is 4.79 Å². The third-order valence-corrected chi connectivity index (χ3v) is 6.47. The van der Waals surface area contributed by atoms with Crippen LogP contribution in [0.1, 0.15) is 55.5 Å². The Morgan fingerprint density at radius 3 is 2.77 bits per heavy atom. The number of anilines is 1. The van der Waals surface area contributed by atoms with Gasteiger partial charge < -0.3 is 20.3 Å². The van der Waals surface area contributed by atoms with Crippen LogP contribution in [0.4, 0.5) is 5.69 Å². The summed E-state index contributed by atoms with van der Waals surface area (Å²) in [6.07, 6.45) is 4.59. The predicted octanol–water partition coefficient (Wildman–Crippen LogP) is 3.36. The summed E-state index contributed by atoms with van der Waals surface area (Å²) in [7, 11) is 3.49. The second-order valence-corrected chi connectivity index (χ2v) is 8.30. The highest BCUT2D eigenvalue weighted by atomic mass is 16.5. The number of methoxy groups -OCH3 is 1. The smallest absolute Gasteiger partial charge is 0.227 e. The van der Waals surface area contributed by atoms with Crippen LogP contribution in [-0.2, 0) is 17.8 Å². The maximum atomic E-state index is 12.1. The molecule has 2 N–H and O–H groups in total. The normalized spacial score (nSPS) is 23.9. The Hall–Kier alpha value is -2.44. The monoisotopic (exact) mass is 408 g/mol. The largest absolute Gasteiger partial charge is 0.481 e. The van der Waals surface area contributed by atoms with Crippen molar-refractivity contribution in [1.82, 2.24) is 15.6 Å². The molecule has 1 fully saturated rings. The first-order valence-corrected chi connectivity index (χ1v) is 11.0. The standard InChI is InChI=1S/C24H32N4O2/c1-4-18-10-11-20(23(26-18)16-8-6-5-7-9-16)25-15-17-14-21-19(27-24(17)30-3)12-13-22(29)28(21)2/h5-9,14,18,20,23,25-26H,4,10-13,15H2,1-3H3/t18-,20-,23-/m0/s1. The van der Waals surface area contributed by atoms with Gasteiger partial charge in [-0.2, -0.15) is 0 Å². The van der Waals surface area contributed by atoms with Crippen molar-refractivity contribution in [2.75, 3.05) is 19.1 Å². The van der Waals surface area contributed by atoms with Gasteiger partial charge in [0.25, 0.3) is 0 Å². The molecule has 0 unspecified atom stereocenters. The summed E-state index contributed by atoms with van der Waals surface area (Å²) in [5, 5.41) is 7.59. The Morgan fingerprint density at radius 2 is 2.03 bits per heavy atom. The molecule has 2 aliphatic heterocycles. The molecule has 0 aliphatic carbocycles. The molecule has 30 heavy (non-hydrogen) atoms. The number of benzene rings is 1. The molecule has 6 nitrogen and oxygen atoms in total. The molecule has 0 spiro atoms. The number of hydrogen-bond acceptors (Lipinski definition) is 5. The van der Waals surface area contributed by atoms with Crippen LogP contribution in [0.25, 0.3) is 0 Å². The van der Waals surface area contributed by atoms with E-state index < -0.39 is 0 Å². The maximum absolute atomic E-state index is 12.1. The first-order valence-electron chi connectivity index (χ1n) is 11.0. The molecular formula is C24H32N4O2. The highest BCUT2D eigenvalue weighted by Gasteiger charge is 2.30. The van der Waals surface area contributed by atoms with E-state index >= 15 is 0 Å². The molecule has 4 rings (SSSR count). The SMILES string of the molecule is CC[C@H]1CC[C@H](NCc2cc3c(nc2OC)CCC(=O)N3C)[C@H](c2ccccc2)N1. The molecule has 3 heterocycles. The van der Waals surface area contributed by atoms with Crippen molar-refractivity contribution >= 4 is 11.6 Å². The topological polar surface area (TPSA) is 66.5 Å². The summed E-state index contributed by atoms with van der Waals surface area (Å²) in [6.45, 7) is 2.90. The van der Waals surface area contributed by atoms with Crippen LogP contribution >= 0.6 is 0 Å². The van der Waals surface area contributed by atoms with Crippen LogP contribution in [0.5, 0.6) is 5.88 Å². The number of ether oxygens (including phenoxy) is 1. The third kappa shape index (κ3) is 4.20. The van der Waals surface area contributed by atoms with Gasteiger partial charge in [-0.25, -0.2) is 4.98 Å². The summed E-state index contributed by atoms with van der Waals surface area (Å²) in [6, 6.07) is 13.9. The number of rotatable bonds is 6. The number of hydrogen-bond donors (Lipinski definition) is 2. The quantitative estimate of drug-likeness (QED) is 0.767. The lowest BCUT2D eigenvalue weighted by Gasteiger charge is -2.38. The number of pyridine rings is 1. The van der Waals surface area contributed by atoms with Crippen molar-refractivity contribution in [3.8, 4) is 5.88 Å². The average Bonchev–Trinajstić information content (AvgIpc) is 2.80. The van der Waals surface area contributed by atoms with Crippen LogP contribution in [0.3, 0.4) is 0 Å². The van der Waals surface area contributed by atoms with Gasteiger partial charge in [-0.1, -0.05) is 37.3 Å². The van der Waals surface area contributed by atoms with Gasteiger partial charge in [0.1, 0.15) is 0 Å². The Bertz CT molecular complexity index is 886. The van der Waals surface area contributed by atoms with Gasteiger partial charge in [0, 0.05) is 50.1 Å². The molecule has 0 saturated carbocycles. The van der Waals surface area contributed by atoms with Crippen LogP contribution in [0, 0.1) is 0 Å². The van der Waals surface area contributed by atoms with E-state index in [1.54, 1.807) is 12.0 Å². The van der Waals surface area contributed by atoms with Crippen molar-refractivity contribution < 1.29 is 9.53 Å². The van der Waals surface area contributed by atoms with E-state index in [4.69, 9.17) is 9.72 Å². The summed E-state index contributed by atoms with van der Waals surface area (Å²) >= 11 is 0. The van der Waals surface area contributed by atoms with Crippen LogP contribution in [0.2, 0.25) is 0 Å². The fourth-order valence-corrected chi connectivity index (χ4v) is 4.64. The molecule has 0 radical (unpaired) electrons. The number of nitrogens with one attached hydrogen (secondary N) is 2. The Kier molecular flexibility index (Phi) is 6.35.